The normalized spacial score (nSPS) is 21.5. The molecule has 0 aromatic heterocycles. The van der Waals surface area contributed by atoms with Crippen LogP contribution in [0.3, 0.4) is 0 Å². The number of benzene rings is 1. The molecule has 1 fully saturated rings. The summed E-state index contributed by atoms with van der Waals surface area (Å²) in [6.45, 7) is 13.9. The predicted octanol–water partition coefficient (Wildman–Crippen LogP) is 1.83. The summed E-state index contributed by atoms with van der Waals surface area (Å²) in [5.41, 5.74) is 1.50. The molecule has 0 saturated carbocycles. The average Bonchev–Trinajstić information content (AvgIpc) is 2.60. The summed E-state index contributed by atoms with van der Waals surface area (Å²) in [5, 5.41) is 2.97. The van der Waals surface area contributed by atoms with Gasteiger partial charge in [0.05, 0.1) is 17.1 Å². The molecule has 1 heterocycles. The first-order chi connectivity index (χ1) is 12.9. The number of sulfonamides is 1. The number of hydrogen-bond donors (Lipinski definition) is 2. The van der Waals surface area contributed by atoms with Crippen molar-refractivity contribution in [2.75, 3.05) is 26.7 Å². The minimum absolute atomic E-state index is 0.134. The molecule has 1 aliphatic heterocycles. The molecule has 7 nitrogen and oxygen atoms in total. The number of ether oxygens (including phenoxy) is 1. The maximum Gasteiger partial charge on any atom is 0.251 e. The maximum atomic E-state index is 12.8. The fourth-order valence-electron chi connectivity index (χ4n) is 3.53. The Morgan fingerprint density at radius 2 is 1.79 bits per heavy atom. The highest BCUT2D eigenvalue weighted by molar-refractivity contribution is 7.89. The third kappa shape index (κ3) is 5.11. The van der Waals surface area contributed by atoms with E-state index in [-0.39, 0.29) is 28.5 Å². The van der Waals surface area contributed by atoms with Gasteiger partial charge >= 0.3 is 0 Å². The number of carbonyl (C=O) groups excluding carboxylic acids is 1. The SMILES string of the molecule is CNS(=O)(=O)c1cc(C(=O)NCC(C)(C)N2CC(C)OC(C)C2)cc(C)c1C. The van der Waals surface area contributed by atoms with Gasteiger partial charge in [0.2, 0.25) is 10.0 Å². The van der Waals surface area contributed by atoms with Crippen molar-refractivity contribution < 1.29 is 17.9 Å². The Labute approximate surface area is 168 Å². The van der Waals surface area contributed by atoms with Crippen LogP contribution in [0.15, 0.2) is 17.0 Å². The zero-order valence-corrected chi connectivity index (χ0v) is 18.7. The van der Waals surface area contributed by atoms with Gasteiger partial charge in [0.25, 0.3) is 5.91 Å². The van der Waals surface area contributed by atoms with Crippen LogP contribution in [0, 0.1) is 13.8 Å². The third-order valence-electron chi connectivity index (χ3n) is 5.40. The van der Waals surface area contributed by atoms with Gasteiger partial charge in [0, 0.05) is 30.7 Å². The minimum Gasteiger partial charge on any atom is -0.373 e. The fourth-order valence-corrected chi connectivity index (χ4v) is 4.60. The van der Waals surface area contributed by atoms with E-state index >= 15 is 0 Å². The zero-order chi connectivity index (χ0) is 21.3. The summed E-state index contributed by atoms with van der Waals surface area (Å²) in [7, 11) is -2.27. The molecular weight excluding hydrogens is 378 g/mol. The average molecular weight is 412 g/mol. The van der Waals surface area contributed by atoms with Crippen LogP contribution in [0.25, 0.3) is 0 Å². The molecule has 0 bridgehead atoms. The quantitative estimate of drug-likeness (QED) is 0.746. The number of amides is 1. The summed E-state index contributed by atoms with van der Waals surface area (Å²) in [4.78, 5) is 15.2. The molecule has 8 heteroatoms. The Kier molecular flexibility index (Phi) is 6.91. The number of nitrogens with one attached hydrogen (secondary N) is 2. The molecule has 0 aliphatic carbocycles. The molecule has 1 aliphatic rings. The van der Waals surface area contributed by atoms with Gasteiger partial charge in [-0.25, -0.2) is 13.1 Å². The van der Waals surface area contributed by atoms with Crippen LogP contribution in [0.5, 0.6) is 0 Å². The Morgan fingerprint density at radius 1 is 1.21 bits per heavy atom. The monoisotopic (exact) mass is 411 g/mol. The molecule has 0 spiro atoms. The van der Waals surface area contributed by atoms with Gasteiger partial charge in [-0.05, 0) is 71.8 Å². The second kappa shape index (κ2) is 8.49. The van der Waals surface area contributed by atoms with E-state index in [1.807, 2.05) is 0 Å². The maximum absolute atomic E-state index is 12.8. The molecule has 0 radical (unpaired) electrons. The van der Waals surface area contributed by atoms with E-state index in [9.17, 15) is 13.2 Å². The molecule has 2 rings (SSSR count). The van der Waals surface area contributed by atoms with Crippen molar-refractivity contribution in [2.45, 2.75) is 64.2 Å². The third-order valence-corrected chi connectivity index (χ3v) is 6.94. The summed E-state index contributed by atoms with van der Waals surface area (Å²) in [5.74, 6) is -0.280. The first-order valence-electron chi connectivity index (χ1n) is 9.61. The lowest BCUT2D eigenvalue weighted by Gasteiger charge is -2.45. The van der Waals surface area contributed by atoms with E-state index in [4.69, 9.17) is 4.74 Å². The zero-order valence-electron chi connectivity index (χ0n) is 17.9. The van der Waals surface area contributed by atoms with Crippen molar-refractivity contribution in [1.29, 1.82) is 0 Å². The van der Waals surface area contributed by atoms with Crippen molar-refractivity contribution in [3.05, 3.63) is 28.8 Å². The molecule has 2 atom stereocenters. The number of carbonyl (C=O) groups is 1. The molecule has 1 saturated heterocycles. The highest BCUT2D eigenvalue weighted by Gasteiger charge is 2.33. The van der Waals surface area contributed by atoms with Crippen LogP contribution in [-0.2, 0) is 14.8 Å². The van der Waals surface area contributed by atoms with Gasteiger partial charge in [-0.2, -0.15) is 0 Å². The topological polar surface area (TPSA) is 87.7 Å². The van der Waals surface area contributed by atoms with Crippen LogP contribution in [-0.4, -0.2) is 63.7 Å². The number of rotatable bonds is 6. The smallest absolute Gasteiger partial charge is 0.251 e. The van der Waals surface area contributed by atoms with E-state index in [0.717, 1.165) is 18.7 Å². The molecular formula is C20H33N3O4S. The van der Waals surface area contributed by atoms with E-state index in [0.29, 0.717) is 17.7 Å². The molecule has 1 aromatic carbocycles. The fraction of sp³-hybridized carbons (Fsp3) is 0.650. The predicted molar refractivity (Wildman–Crippen MR) is 110 cm³/mol. The largest absolute Gasteiger partial charge is 0.373 e. The van der Waals surface area contributed by atoms with Crippen LogP contribution in [0.2, 0.25) is 0 Å². The number of hydrogen-bond acceptors (Lipinski definition) is 5. The highest BCUT2D eigenvalue weighted by Crippen LogP contribution is 2.23. The molecule has 2 unspecified atom stereocenters. The van der Waals surface area contributed by atoms with Crippen LogP contribution >= 0.6 is 0 Å². The lowest BCUT2D eigenvalue weighted by molar-refractivity contribution is -0.0948. The second-order valence-corrected chi connectivity index (χ2v) is 10.1. The number of aryl methyl sites for hydroxylation is 1. The number of nitrogens with zero attached hydrogens (tertiary/aromatic N) is 1. The van der Waals surface area contributed by atoms with Gasteiger partial charge in [0.1, 0.15) is 0 Å². The summed E-state index contributed by atoms with van der Waals surface area (Å²) < 4.78 is 32.7. The van der Waals surface area contributed by atoms with E-state index < -0.39 is 10.0 Å². The van der Waals surface area contributed by atoms with E-state index in [1.54, 1.807) is 19.9 Å². The van der Waals surface area contributed by atoms with Gasteiger partial charge in [-0.3, -0.25) is 9.69 Å². The first-order valence-corrected chi connectivity index (χ1v) is 11.1. The molecule has 1 amide bonds. The molecule has 28 heavy (non-hydrogen) atoms. The molecule has 2 N–H and O–H groups in total. The van der Waals surface area contributed by atoms with E-state index in [2.05, 4.69) is 42.6 Å². The molecule has 1 aromatic rings. The Hall–Kier alpha value is -1.48. The van der Waals surface area contributed by atoms with Crippen molar-refractivity contribution >= 4 is 15.9 Å². The van der Waals surface area contributed by atoms with Crippen LogP contribution in [0.1, 0.15) is 49.2 Å². The van der Waals surface area contributed by atoms with Crippen molar-refractivity contribution in [1.82, 2.24) is 14.9 Å². The molecule has 158 valence electrons. The van der Waals surface area contributed by atoms with Gasteiger partial charge in [-0.15, -0.1) is 0 Å². The summed E-state index contributed by atoms with van der Waals surface area (Å²) in [6, 6.07) is 3.17. The standard InChI is InChI=1S/C20H33N3O4S/c1-13-8-17(9-18(16(13)4)28(25,26)21-7)19(24)22-12-20(5,6)23-10-14(2)27-15(3)11-23/h8-9,14-15,21H,10-12H2,1-7H3,(H,22,24). The summed E-state index contributed by atoms with van der Waals surface area (Å²) >= 11 is 0. The van der Waals surface area contributed by atoms with Crippen LogP contribution in [0.4, 0.5) is 0 Å². The Morgan fingerprint density at radius 3 is 2.32 bits per heavy atom. The van der Waals surface area contributed by atoms with Gasteiger partial charge < -0.3 is 10.1 Å². The minimum atomic E-state index is -3.63. The van der Waals surface area contributed by atoms with Gasteiger partial charge in [0.15, 0.2) is 0 Å². The lowest BCUT2D eigenvalue weighted by Crippen LogP contribution is -2.58. The number of morpholine rings is 1. The van der Waals surface area contributed by atoms with E-state index in [1.165, 1.54) is 13.1 Å². The van der Waals surface area contributed by atoms with Crippen molar-refractivity contribution in [3.8, 4) is 0 Å². The van der Waals surface area contributed by atoms with Crippen molar-refractivity contribution in [2.24, 2.45) is 0 Å². The first kappa shape index (κ1) is 22.8. The second-order valence-electron chi connectivity index (χ2n) is 8.28. The summed E-state index contributed by atoms with van der Waals surface area (Å²) in [6.07, 6.45) is 0.292. The van der Waals surface area contributed by atoms with Crippen molar-refractivity contribution in [3.63, 3.8) is 0 Å². The Balaban J connectivity index is 2.17. The Bertz CT molecular complexity index is 826. The highest BCUT2D eigenvalue weighted by atomic mass is 32.2. The lowest BCUT2D eigenvalue weighted by atomic mass is 9.99. The van der Waals surface area contributed by atoms with Gasteiger partial charge in [-0.1, -0.05) is 0 Å². The van der Waals surface area contributed by atoms with Crippen LogP contribution < -0.4 is 10.0 Å².